The van der Waals surface area contributed by atoms with Crippen molar-refractivity contribution in [3.63, 3.8) is 0 Å². The van der Waals surface area contributed by atoms with Crippen molar-refractivity contribution in [2.24, 2.45) is 11.8 Å². The molecule has 0 bridgehead atoms. The van der Waals surface area contributed by atoms with Crippen molar-refractivity contribution in [2.75, 3.05) is 13.2 Å². The summed E-state index contributed by atoms with van der Waals surface area (Å²) in [5, 5.41) is 66.6. The van der Waals surface area contributed by atoms with Gasteiger partial charge >= 0.3 is 0 Å². The lowest BCUT2D eigenvalue weighted by Gasteiger charge is -2.32. The fraction of sp³-hybridized carbons (Fsp3) is 1.00. The topological polar surface area (TPSA) is 208 Å². The molecule has 1 rings (SSSR count). The second-order valence-corrected chi connectivity index (χ2v) is 6.92. The van der Waals surface area contributed by atoms with E-state index in [2.05, 4.69) is 4.18 Å². The molecule has 0 amide bonds. The van der Waals surface area contributed by atoms with Crippen LogP contribution in [-0.4, -0.2) is 98.6 Å². The first-order chi connectivity index (χ1) is 11.0. The Morgan fingerprint density at radius 1 is 1.12 bits per heavy atom. The van der Waals surface area contributed by atoms with Gasteiger partial charge in [-0.25, -0.2) is 8.42 Å². The zero-order valence-corrected chi connectivity index (χ0v) is 13.4. The molecule has 1 aliphatic rings. The molecule has 0 heterocycles. The molecular formula is C12H23O11S-. The Morgan fingerprint density at radius 2 is 1.71 bits per heavy atom. The Balaban J connectivity index is 2.89. The Kier molecular flexibility index (Phi) is 7.93. The van der Waals surface area contributed by atoms with E-state index >= 15 is 0 Å². The highest BCUT2D eigenvalue weighted by atomic mass is 32.3. The van der Waals surface area contributed by atoms with E-state index in [4.69, 9.17) is 5.11 Å². The summed E-state index contributed by atoms with van der Waals surface area (Å²) in [6, 6.07) is 0. The van der Waals surface area contributed by atoms with E-state index in [0.29, 0.717) is 0 Å². The first-order valence-electron chi connectivity index (χ1n) is 7.28. The molecule has 0 spiro atoms. The van der Waals surface area contributed by atoms with Crippen LogP contribution < -0.4 is 0 Å². The number of hydrogen-bond acceptors (Lipinski definition) is 11. The van der Waals surface area contributed by atoms with E-state index in [-0.39, 0.29) is 12.8 Å². The average molecular weight is 375 g/mol. The van der Waals surface area contributed by atoms with Gasteiger partial charge in [0.05, 0.1) is 24.9 Å². The Bertz CT molecular complexity index is 483. The third-order valence-corrected chi connectivity index (χ3v) is 4.72. The molecule has 0 unspecified atom stereocenters. The van der Waals surface area contributed by atoms with Crippen molar-refractivity contribution < 1.29 is 52.9 Å². The molecule has 12 heteroatoms. The van der Waals surface area contributed by atoms with Gasteiger partial charge in [0.15, 0.2) is 0 Å². The van der Waals surface area contributed by atoms with Crippen LogP contribution in [0.5, 0.6) is 0 Å². The number of hydrogen-bond donors (Lipinski definition) is 7. The quantitative estimate of drug-likeness (QED) is 0.151. The van der Waals surface area contributed by atoms with Gasteiger partial charge in [0.25, 0.3) is 0 Å². The van der Waals surface area contributed by atoms with Gasteiger partial charge in [-0.05, 0) is 18.8 Å². The number of aliphatic hydroxyl groups excluding tert-OH is 7. The molecule has 1 aliphatic carbocycles. The minimum atomic E-state index is -5.34. The number of rotatable bonds is 9. The van der Waals surface area contributed by atoms with Crippen LogP contribution in [-0.2, 0) is 14.6 Å². The normalized spacial score (nSPS) is 33.2. The van der Waals surface area contributed by atoms with Crippen molar-refractivity contribution >= 4 is 10.4 Å². The Morgan fingerprint density at radius 3 is 2.17 bits per heavy atom. The van der Waals surface area contributed by atoms with Crippen LogP contribution in [0, 0.1) is 11.8 Å². The molecule has 8 atom stereocenters. The highest BCUT2D eigenvalue weighted by Crippen LogP contribution is 2.36. The maximum Gasteiger partial charge on any atom is 0.218 e. The maximum atomic E-state index is 10.8. The fourth-order valence-electron chi connectivity index (χ4n) is 2.97. The first kappa shape index (κ1) is 21.6. The summed E-state index contributed by atoms with van der Waals surface area (Å²) in [6.07, 6.45) is -10.6. The minimum absolute atomic E-state index is 0.0149. The van der Waals surface area contributed by atoms with Crippen molar-refractivity contribution in [2.45, 2.75) is 49.5 Å². The van der Waals surface area contributed by atoms with Gasteiger partial charge < -0.3 is 40.3 Å². The van der Waals surface area contributed by atoms with E-state index < -0.39 is 72.1 Å². The molecule has 11 nitrogen and oxygen atoms in total. The predicted octanol–water partition coefficient (Wildman–Crippen LogP) is -4.35. The average Bonchev–Trinajstić information content (AvgIpc) is 2.76. The molecule has 0 saturated heterocycles. The second-order valence-electron chi connectivity index (χ2n) is 5.91. The molecule has 144 valence electrons. The van der Waals surface area contributed by atoms with Gasteiger partial charge in [-0.1, -0.05) is 0 Å². The van der Waals surface area contributed by atoms with Gasteiger partial charge in [-0.2, -0.15) is 0 Å². The molecule has 0 aromatic rings. The summed E-state index contributed by atoms with van der Waals surface area (Å²) in [5.41, 5.74) is 0. The monoisotopic (exact) mass is 375 g/mol. The summed E-state index contributed by atoms with van der Waals surface area (Å²) < 4.78 is 36.4. The van der Waals surface area contributed by atoms with E-state index in [1.54, 1.807) is 0 Å². The summed E-state index contributed by atoms with van der Waals surface area (Å²) in [6.45, 7) is -1.49. The molecule has 0 aromatic carbocycles. The Labute approximate surface area is 138 Å². The smallest absolute Gasteiger partial charge is 0.218 e. The van der Waals surface area contributed by atoms with Crippen LogP contribution in [0.15, 0.2) is 0 Å². The van der Waals surface area contributed by atoms with E-state index in [0.717, 1.165) is 0 Å². The van der Waals surface area contributed by atoms with Crippen LogP contribution in [0.4, 0.5) is 0 Å². The molecule has 7 N–H and O–H groups in total. The highest BCUT2D eigenvalue weighted by Gasteiger charge is 2.44. The van der Waals surface area contributed by atoms with Crippen LogP contribution >= 0.6 is 0 Å². The summed E-state index contributed by atoms with van der Waals surface area (Å²) >= 11 is 0. The van der Waals surface area contributed by atoms with Crippen LogP contribution in [0.2, 0.25) is 0 Å². The zero-order chi connectivity index (χ0) is 18.7. The third-order valence-electron chi connectivity index (χ3n) is 4.26. The van der Waals surface area contributed by atoms with Crippen LogP contribution in [0.1, 0.15) is 12.8 Å². The van der Waals surface area contributed by atoms with E-state index in [1.165, 1.54) is 0 Å². The van der Waals surface area contributed by atoms with Crippen molar-refractivity contribution in [3.05, 3.63) is 0 Å². The standard InChI is InChI=1S/C12H24O11S/c13-3-6-5(1-7(15)10(6)18)2-8(16)12(23-24(20,21)22)11(19)9(17)4-14/h5-19H,1-4H2,(H,20,21,22)/p-1/t5-,6-,7+,8-,9+,10+,11+,12+/m0/s1. The maximum absolute atomic E-state index is 10.8. The van der Waals surface area contributed by atoms with Crippen LogP contribution in [0.3, 0.4) is 0 Å². The Hall–Kier alpha value is -0.410. The van der Waals surface area contributed by atoms with Crippen molar-refractivity contribution in [1.29, 1.82) is 0 Å². The fourth-order valence-corrected chi connectivity index (χ4v) is 3.49. The lowest BCUT2D eigenvalue weighted by Crippen LogP contribution is -2.49. The van der Waals surface area contributed by atoms with Gasteiger partial charge in [0, 0.05) is 12.5 Å². The highest BCUT2D eigenvalue weighted by molar-refractivity contribution is 7.80. The lowest BCUT2D eigenvalue weighted by atomic mass is 9.87. The zero-order valence-electron chi connectivity index (χ0n) is 12.6. The molecule has 0 aliphatic heterocycles. The summed E-state index contributed by atoms with van der Waals surface area (Å²) in [7, 11) is -5.34. The number of aliphatic hydroxyl groups is 7. The van der Waals surface area contributed by atoms with Gasteiger partial charge in [0.1, 0.15) is 18.3 Å². The molecule has 24 heavy (non-hydrogen) atoms. The van der Waals surface area contributed by atoms with E-state index in [1.807, 2.05) is 0 Å². The van der Waals surface area contributed by atoms with Crippen LogP contribution in [0.25, 0.3) is 0 Å². The van der Waals surface area contributed by atoms with Gasteiger partial charge in [0.2, 0.25) is 10.4 Å². The minimum Gasteiger partial charge on any atom is -0.726 e. The van der Waals surface area contributed by atoms with Crippen molar-refractivity contribution in [3.8, 4) is 0 Å². The second kappa shape index (κ2) is 8.80. The van der Waals surface area contributed by atoms with Gasteiger partial charge in [-0.3, -0.25) is 4.18 Å². The summed E-state index contributed by atoms with van der Waals surface area (Å²) in [5.74, 6) is -1.46. The molecule has 1 saturated carbocycles. The van der Waals surface area contributed by atoms with Crippen molar-refractivity contribution in [1.82, 2.24) is 0 Å². The molecule has 0 aromatic heterocycles. The van der Waals surface area contributed by atoms with Gasteiger partial charge in [-0.15, -0.1) is 0 Å². The summed E-state index contributed by atoms with van der Waals surface area (Å²) in [4.78, 5) is 0. The third kappa shape index (κ3) is 5.56. The molecule has 1 fully saturated rings. The first-order valence-corrected chi connectivity index (χ1v) is 8.61. The molecular weight excluding hydrogens is 352 g/mol. The van der Waals surface area contributed by atoms with E-state index in [9.17, 15) is 43.6 Å². The largest absolute Gasteiger partial charge is 0.726 e. The molecule has 0 radical (unpaired) electrons. The lowest BCUT2D eigenvalue weighted by molar-refractivity contribution is -0.111. The predicted molar refractivity (Wildman–Crippen MR) is 75.0 cm³/mol. The SMILES string of the molecule is O=S(=O)([O-])O[C@@H]([C@H](O)[C@H](O)CO)[C@@H](O)C[C@@H]1C[C@@H](O)[C@H](O)[C@H]1CO.